The van der Waals surface area contributed by atoms with E-state index in [2.05, 4.69) is 31.1 Å². The molecule has 0 aliphatic rings. The first-order valence-electron chi connectivity index (χ1n) is 7.54. The van der Waals surface area contributed by atoms with Crippen molar-refractivity contribution in [1.29, 1.82) is 0 Å². The van der Waals surface area contributed by atoms with Crippen LogP contribution in [0.3, 0.4) is 0 Å². The molecule has 1 N–H and O–H groups in total. The molecular weight excluding hydrogens is 268 g/mol. The molecule has 0 fully saturated rings. The van der Waals surface area contributed by atoms with E-state index in [0.29, 0.717) is 11.3 Å². The van der Waals surface area contributed by atoms with Crippen molar-refractivity contribution in [3.63, 3.8) is 0 Å². The predicted octanol–water partition coefficient (Wildman–Crippen LogP) is 4.48. The van der Waals surface area contributed by atoms with Gasteiger partial charge in [0.25, 0.3) is 5.22 Å². The molecule has 0 bridgehead atoms. The highest BCUT2D eigenvalue weighted by Gasteiger charge is 2.22. The number of rotatable bonds is 8. The molecule has 0 amide bonds. The van der Waals surface area contributed by atoms with E-state index in [0.717, 1.165) is 29.3 Å². The molecule has 2 unspecified atom stereocenters. The molecule has 110 valence electrons. The average molecular weight is 292 g/mol. The van der Waals surface area contributed by atoms with E-state index in [4.69, 9.17) is 4.42 Å². The lowest BCUT2D eigenvalue weighted by Gasteiger charge is -2.25. The third-order valence-corrected chi connectivity index (χ3v) is 4.78. The number of nitrogens with zero attached hydrogens (tertiary/aromatic N) is 1. The smallest absolute Gasteiger partial charge is 0.257 e. The van der Waals surface area contributed by atoms with Gasteiger partial charge in [-0.05, 0) is 31.5 Å². The van der Waals surface area contributed by atoms with Gasteiger partial charge < -0.3 is 9.73 Å². The first-order chi connectivity index (χ1) is 9.78. The summed E-state index contributed by atoms with van der Waals surface area (Å²) >= 11 is 1.76. The number of fused-ring (bicyclic) bond motifs is 1. The van der Waals surface area contributed by atoms with Gasteiger partial charge in [0.15, 0.2) is 5.58 Å². The van der Waals surface area contributed by atoms with Crippen molar-refractivity contribution in [2.75, 3.05) is 6.54 Å². The lowest BCUT2D eigenvalue weighted by Crippen LogP contribution is -2.37. The highest BCUT2D eigenvalue weighted by atomic mass is 32.2. The van der Waals surface area contributed by atoms with Crippen molar-refractivity contribution in [2.45, 2.75) is 56.5 Å². The van der Waals surface area contributed by atoms with E-state index in [1.807, 2.05) is 24.3 Å². The second-order valence-corrected chi connectivity index (χ2v) is 6.16. The zero-order chi connectivity index (χ0) is 14.4. The number of para-hydroxylation sites is 2. The maximum atomic E-state index is 5.83. The molecule has 0 spiro atoms. The first-order valence-corrected chi connectivity index (χ1v) is 8.42. The fourth-order valence-electron chi connectivity index (χ4n) is 2.47. The van der Waals surface area contributed by atoms with E-state index < -0.39 is 0 Å². The molecule has 1 aromatic heterocycles. The third kappa shape index (κ3) is 3.76. The minimum absolute atomic E-state index is 0.503. The molecule has 0 radical (unpaired) electrons. The minimum atomic E-state index is 0.503. The van der Waals surface area contributed by atoms with Gasteiger partial charge >= 0.3 is 0 Å². The number of hydrogen-bond acceptors (Lipinski definition) is 4. The van der Waals surface area contributed by atoms with Gasteiger partial charge in [-0.1, -0.05) is 51.1 Å². The van der Waals surface area contributed by atoms with Crippen molar-refractivity contribution < 1.29 is 4.42 Å². The van der Waals surface area contributed by atoms with Gasteiger partial charge in [-0.25, -0.2) is 4.98 Å². The summed E-state index contributed by atoms with van der Waals surface area (Å²) in [6.45, 7) is 7.65. The molecule has 0 aliphatic heterocycles. The Hall–Kier alpha value is -1.00. The summed E-state index contributed by atoms with van der Waals surface area (Å²) in [6, 6.07) is 8.47. The number of thioether (sulfide) groups is 1. The summed E-state index contributed by atoms with van der Waals surface area (Å²) in [7, 11) is 0. The Balaban J connectivity index is 2.11. The summed E-state index contributed by atoms with van der Waals surface area (Å²) < 4.78 is 5.83. The van der Waals surface area contributed by atoms with Crippen molar-refractivity contribution >= 4 is 22.9 Å². The Labute approximate surface area is 125 Å². The van der Waals surface area contributed by atoms with Gasteiger partial charge in [-0.2, -0.15) is 0 Å². The van der Waals surface area contributed by atoms with E-state index in [1.165, 1.54) is 12.8 Å². The maximum absolute atomic E-state index is 5.83. The molecule has 0 saturated heterocycles. The average Bonchev–Trinajstić information content (AvgIpc) is 2.87. The number of benzene rings is 1. The normalized spacial score (nSPS) is 14.6. The van der Waals surface area contributed by atoms with Crippen molar-refractivity contribution in [3.05, 3.63) is 24.3 Å². The van der Waals surface area contributed by atoms with Crippen LogP contribution >= 0.6 is 11.8 Å². The number of hydrogen-bond donors (Lipinski definition) is 1. The summed E-state index contributed by atoms with van der Waals surface area (Å²) in [4.78, 5) is 4.57. The highest BCUT2D eigenvalue weighted by Crippen LogP contribution is 2.30. The molecule has 1 aromatic carbocycles. The van der Waals surface area contributed by atoms with E-state index in [1.54, 1.807) is 11.8 Å². The maximum Gasteiger partial charge on any atom is 0.257 e. The quantitative estimate of drug-likeness (QED) is 0.728. The molecule has 2 aromatic rings. The topological polar surface area (TPSA) is 38.1 Å². The van der Waals surface area contributed by atoms with Crippen LogP contribution < -0.4 is 5.32 Å². The van der Waals surface area contributed by atoms with Crippen molar-refractivity contribution in [3.8, 4) is 0 Å². The van der Waals surface area contributed by atoms with Crippen molar-refractivity contribution in [1.82, 2.24) is 10.3 Å². The molecule has 2 atom stereocenters. The summed E-state index contributed by atoms with van der Waals surface area (Å²) in [5, 5.41) is 4.89. The Kier molecular flexibility index (Phi) is 5.92. The molecule has 3 nitrogen and oxygen atoms in total. The van der Waals surface area contributed by atoms with Crippen LogP contribution in [0.4, 0.5) is 0 Å². The van der Waals surface area contributed by atoms with Crippen LogP contribution in [0.25, 0.3) is 11.1 Å². The van der Waals surface area contributed by atoms with Crippen LogP contribution in [0.15, 0.2) is 33.9 Å². The van der Waals surface area contributed by atoms with Crippen LogP contribution in [0.2, 0.25) is 0 Å². The Morgan fingerprint density at radius 2 is 2.05 bits per heavy atom. The van der Waals surface area contributed by atoms with Crippen LogP contribution in [0, 0.1) is 0 Å². The zero-order valence-corrected chi connectivity index (χ0v) is 13.4. The van der Waals surface area contributed by atoms with Gasteiger partial charge in [-0.15, -0.1) is 0 Å². The van der Waals surface area contributed by atoms with Gasteiger partial charge in [-0.3, -0.25) is 0 Å². The predicted molar refractivity (Wildman–Crippen MR) is 86.3 cm³/mol. The number of aromatic nitrogens is 1. The number of oxazole rings is 1. The molecule has 1 heterocycles. The van der Waals surface area contributed by atoms with Gasteiger partial charge in [0, 0.05) is 11.3 Å². The standard InChI is InChI=1S/C16H24N2OS/c1-4-9-13(17-6-3)15(5-2)20-16-18-12-10-7-8-11-14(12)19-16/h7-8,10-11,13,15,17H,4-6,9H2,1-3H3. The van der Waals surface area contributed by atoms with Crippen LogP contribution in [-0.4, -0.2) is 22.8 Å². The second kappa shape index (κ2) is 7.70. The Morgan fingerprint density at radius 3 is 2.70 bits per heavy atom. The second-order valence-electron chi connectivity index (χ2n) is 4.96. The molecule has 0 aliphatic carbocycles. The van der Waals surface area contributed by atoms with Crippen molar-refractivity contribution in [2.24, 2.45) is 0 Å². The van der Waals surface area contributed by atoms with Gasteiger partial charge in [0.1, 0.15) is 5.52 Å². The van der Waals surface area contributed by atoms with Crippen LogP contribution in [0.5, 0.6) is 0 Å². The first kappa shape index (κ1) is 15.4. The molecule has 0 saturated carbocycles. The van der Waals surface area contributed by atoms with Crippen LogP contribution in [0.1, 0.15) is 40.0 Å². The minimum Gasteiger partial charge on any atom is -0.431 e. The fourth-order valence-corrected chi connectivity index (χ4v) is 3.58. The van der Waals surface area contributed by atoms with Crippen LogP contribution in [-0.2, 0) is 0 Å². The largest absolute Gasteiger partial charge is 0.431 e. The number of nitrogens with one attached hydrogen (secondary N) is 1. The fraction of sp³-hybridized carbons (Fsp3) is 0.562. The molecule has 4 heteroatoms. The van der Waals surface area contributed by atoms with Gasteiger partial charge in [0.05, 0.1) is 0 Å². The summed E-state index contributed by atoms with van der Waals surface area (Å²) in [5.41, 5.74) is 1.82. The SMILES string of the molecule is CCCC(NCC)C(CC)Sc1nc2ccccc2o1. The monoisotopic (exact) mass is 292 g/mol. The Morgan fingerprint density at radius 1 is 1.25 bits per heavy atom. The molecule has 20 heavy (non-hydrogen) atoms. The highest BCUT2D eigenvalue weighted by molar-refractivity contribution is 7.99. The Bertz CT molecular complexity index is 487. The lowest BCUT2D eigenvalue weighted by molar-refractivity contribution is 0.453. The zero-order valence-electron chi connectivity index (χ0n) is 12.6. The third-order valence-electron chi connectivity index (χ3n) is 3.44. The molecule has 2 rings (SSSR count). The van der Waals surface area contributed by atoms with E-state index >= 15 is 0 Å². The van der Waals surface area contributed by atoms with E-state index in [-0.39, 0.29) is 0 Å². The lowest BCUT2D eigenvalue weighted by atomic mass is 10.1. The summed E-state index contributed by atoms with van der Waals surface area (Å²) in [6.07, 6.45) is 3.50. The van der Waals surface area contributed by atoms with Gasteiger partial charge in [0.2, 0.25) is 0 Å². The van der Waals surface area contributed by atoms with E-state index in [9.17, 15) is 0 Å². The molecular formula is C16H24N2OS. The summed E-state index contributed by atoms with van der Waals surface area (Å²) in [5.74, 6) is 0.